The summed E-state index contributed by atoms with van der Waals surface area (Å²) in [5.41, 5.74) is -2.88. The largest absolute Gasteiger partial charge is 0.419 e. The van der Waals surface area contributed by atoms with Gasteiger partial charge in [-0.15, -0.1) is 0 Å². The fourth-order valence-electron chi connectivity index (χ4n) is 3.69. The molecule has 0 heterocycles. The van der Waals surface area contributed by atoms with Crippen molar-refractivity contribution in [2.24, 2.45) is 5.92 Å². The predicted octanol–water partition coefficient (Wildman–Crippen LogP) is 4.65. The lowest BCUT2D eigenvalue weighted by Gasteiger charge is -2.18. The summed E-state index contributed by atoms with van der Waals surface area (Å²) in [5, 5.41) is 2.57. The third-order valence-corrected chi connectivity index (χ3v) is 6.27. The molecule has 0 radical (unpaired) electrons. The monoisotopic (exact) mass is 494 g/mol. The van der Waals surface area contributed by atoms with Crippen molar-refractivity contribution in [2.75, 3.05) is 11.0 Å². The zero-order chi connectivity index (χ0) is 24.9. The van der Waals surface area contributed by atoms with E-state index in [0.717, 1.165) is 30.5 Å². The number of carbonyl (C=O) groups is 1. The molecule has 33 heavy (non-hydrogen) atoms. The normalized spacial score (nSPS) is 21.4. The Hall–Kier alpha value is -2.76. The maximum Gasteiger partial charge on any atom is 0.419 e. The number of benzene rings is 2. The van der Waals surface area contributed by atoms with E-state index in [9.17, 15) is 39.6 Å². The molecule has 0 aromatic heterocycles. The van der Waals surface area contributed by atoms with Gasteiger partial charge in [-0.25, -0.2) is 21.6 Å². The number of halogens is 6. The van der Waals surface area contributed by atoms with Crippen LogP contribution in [0.3, 0.4) is 0 Å². The Kier molecular flexibility index (Phi) is 6.20. The van der Waals surface area contributed by atoms with Crippen LogP contribution < -0.4 is 10.0 Å². The number of amides is 1. The van der Waals surface area contributed by atoms with Gasteiger partial charge in [0.15, 0.2) is 11.6 Å². The van der Waals surface area contributed by atoms with E-state index in [1.54, 1.807) is 11.6 Å². The average Bonchev–Trinajstić information content (AvgIpc) is 3.36. The second-order valence-electron chi connectivity index (χ2n) is 8.33. The van der Waals surface area contributed by atoms with Crippen molar-refractivity contribution in [1.29, 1.82) is 0 Å². The molecule has 0 spiro atoms. The lowest BCUT2D eigenvalue weighted by Crippen LogP contribution is -2.30. The number of nitrogens with one attached hydrogen (secondary N) is 2. The smallest absolute Gasteiger partial charge is 0.349 e. The molecular weight excluding hydrogens is 474 g/mol. The fourth-order valence-corrected chi connectivity index (χ4v) is 4.26. The van der Waals surface area contributed by atoms with Crippen molar-refractivity contribution in [3.8, 4) is 0 Å². The molecule has 2 unspecified atom stereocenters. The highest BCUT2D eigenvalue weighted by atomic mass is 32.2. The molecule has 3 atom stereocenters. The average molecular weight is 494 g/mol. The zero-order valence-corrected chi connectivity index (χ0v) is 18.5. The number of alkyl halides is 3. The molecule has 1 aliphatic carbocycles. The number of rotatable bonds is 6. The van der Waals surface area contributed by atoms with Crippen molar-refractivity contribution >= 4 is 21.6 Å². The number of hydrogen-bond acceptors (Lipinski definition) is 3. The van der Waals surface area contributed by atoms with Crippen molar-refractivity contribution in [2.45, 2.75) is 37.9 Å². The fraction of sp³-hybridized carbons (Fsp3) is 0.381. The Labute approximate surface area is 186 Å². The van der Waals surface area contributed by atoms with Gasteiger partial charge < -0.3 is 5.32 Å². The van der Waals surface area contributed by atoms with E-state index in [1.165, 1.54) is 6.92 Å². The molecule has 1 amide bonds. The number of hydrogen-bond donors (Lipinski definition) is 2. The summed E-state index contributed by atoms with van der Waals surface area (Å²) in [5.74, 6) is -4.99. The van der Waals surface area contributed by atoms with Crippen molar-refractivity contribution in [1.82, 2.24) is 5.32 Å². The van der Waals surface area contributed by atoms with Crippen molar-refractivity contribution in [3.05, 3.63) is 64.5 Å². The van der Waals surface area contributed by atoms with E-state index in [-0.39, 0.29) is 17.5 Å². The minimum absolute atomic E-state index is 0.0281. The van der Waals surface area contributed by atoms with Gasteiger partial charge in [-0.1, -0.05) is 13.0 Å². The quantitative estimate of drug-likeness (QED) is 0.575. The molecule has 5 nitrogen and oxygen atoms in total. The van der Waals surface area contributed by atoms with Gasteiger partial charge >= 0.3 is 6.18 Å². The van der Waals surface area contributed by atoms with Crippen LogP contribution in [0.1, 0.15) is 43.0 Å². The highest BCUT2D eigenvalue weighted by Gasteiger charge is 2.56. The van der Waals surface area contributed by atoms with Crippen LogP contribution in [-0.2, 0) is 26.4 Å². The Morgan fingerprint density at radius 2 is 1.67 bits per heavy atom. The number of sulfonamides is 1. The molecule has 1 aliphatic rings. The summed E-state index contributed by atoms with van der Waals surface area (Å²) in [4.78, 5) is 12.6. The Morgan fingerprint density at radius 1 is 1.09 bits per heavy atom. The molecule has 0 saturated heterocycles. The molecule has 2 aromatic carbocycles. The first-order valence-corrected chi connectivity index (χ1v) is 11.6. The predicted molar refractivity (Wildman–Crippen MR) is 108 cm³/mol. The van der Waals surface area contributed by atoms with Crippen molar-refractivity contribution in [3.63, 3.8) is 0 Å². The molecule has 1 saturated carbocycles. The minimum atomic E-state index is -4.84. The summed E-state index contributed by atoms with van der Waals surface area (Å²) >= 11 is 0. The van der Waals surface area contributed by atoms with Crippen LogP contribution in [0.2, 0.25) is 0 Å². The molecule has 2 aromatic rings. The van der Waals surface area contributed by atoms with Crippen LogP contribution in [0, 0.1) is 23.4 Å². The molecule has 0 bridgehead atoms. The maximum absolute atomic E-state index is 14.2. The Bertz CT molecular complexity index is 1190. The SMILES string of the molecule is C[C@@H](NC(=O)C1CC1(C)c1ccc(C(F)(F)F)c(F)c1)c1cc(F)c(NS(C)(=O)=O)c(F)c1. The minimum Gasteiger partial charge on any atom is -0.349 e. The van der Waals surface area contributed by atoms with Gasteiger partial charge in [-0.2, -0.15) is 13.2 Å². The van der Waals surface area contributed by atoms with Crippen LogP contribution in [0.25, 0.3) is 0 Å². The molecule has 180 valence electrons. The van der Waals surface area contributed by atoms with Gasteiger partial charge in [0.05, 0.1) is 17.9 Å². The van der Waals surface area contributed by atoms with Crippen LogP contribution in [-0.4, -0.2) is 20.6 Å². The number of anilines is 1. The third-order valence-electron chi connectivity index (χ3n) is 5.70. The van der Waals surface area contributed by atoms with Gasteiger partial charge in [0.2, 0.25) is 15.9 Å². The van der Waals surface area contributed by atoms with E-state index in [1.807, 2.05) is 0 Å². The molecule has 12 heteroatoms. The van der Waals surface area contributed by atoms with Gasteiger partial charge in [0, 0.05) is 11.3 Å². The summed E-state index contributed by atoms with van der Waals surface area (Å²) in [7, 11) is -3.92. The van der Waals surface area contributed by atoms with E-state index in [2.05, 4.69) is 5.32 Å². The van der Waals surface area contributed by atoms with Gasteiger partial charge in [0.1, 0.15) is 11.5 Å². The molecule has 1 fully saturated rings. The molecular formula is C21H20F6N2O3S. The van der Waals surface area contributed by atoms with Crippen molar-refractivity contribution < 1.29 is 39.6 Å². The second kappa shape index (κ2) is 8.23. The topological polar surface area (TPSA) is 75.3 Å². The molecule has 2 N–H and O–H groups in total. The lowest BCUT2D eigenvalue weighted by atomic mass is 9.93. The molecule has 0 aliphatic heterocycles. The second-order valence-corrected chi connectivity index (χ2v) is 10.1. The lowest BCUT2D eigenvalue weighted by molar-refractivity contribution is -0.140. The van der Waals surface area contributed by atoms with Crippen LogP contribution in [0.5, 0.6) is 0 Å². The third kappa shape index (κ3) is 5.26. The zero-order valence-electron chi connectivity index (χ0n) is 17.6. The molecule has 3 rings (SSSR count). The van der Waals surface area contributed by atoms with Crippen LogP contribution >= 0.6 is 0 Å². The standard InChI is InChI=1S/C21H20F6N2O3S/c1-10(11-6-16(23)18(17(24)7-11)29-33(3,31)32)28-19(30)14-9-20(14,2)12-4-5-13(15(22)8-12)21(25,26)27/h4-8,10,14,29H,9H2,1-3H3,(H,28,30)/t10-,14?,20?/m1/s1. The van der Waals surface area contributed by atoms with Crippen LogP contribution in [0.15, 0.2) is 30.3 Å². The highest BCUT2D eigenvalue weighted by molar-refractivity contribution is 7.92. The summed E-state index contributed by atoms with van der Waals surface area (Å²) in [6.07, 6.45) is -3.86. The van der Waals surface area contributed by atoms with Gasteiger partial charge in [0.25, 0.3) is 0 Å². The first kappa shape index (κ1) is 24.9. The Morgan fingerprint density at radius 3 is 2.15 bits per heavy atom. The van der Waals surface area contributed by atoms with E-state index >= 15 is 0 Å². The summed E-state index contributed by atoms with van der Waals surface area (Å²) in [6, 6.07) is 3.39. The van der Waals surface area contributed by atoms with Gasteiger partial charge in [-0.05, 0) is 48.7 Å². The Balaban J connectivity index is 1.73. The summed E-state index contributed by atoms with van der Waals surface area (Å²) < 4.78 is 105. The van der Waals surface area contributed by atoms with E-state index in [4.69, 9.17) is 0 Å². The van der Waals surface area contributed by atoms with E-state index < -0.39 is 68.2 Å². The summed E-state index contributed by atoms with van der Waals surface area (Å²) in [6.45, 7) is 3.06. The maximum atomic E-state index is 14.2. The first-order chi connectivity index (χ1) is 15.0. The highest BCUT2D eigenvalue weighted by Crippen LogP contribution is 2.54. The van der Waals surface area contributed by atoms with Crippen LogP contribution in [0.4, 0.5) is 32.0 Å². The number of carbonyl (C=O) groups excluding carboxylic acids is 1. The first-order valence-electron chi connectivity index (χ1n) is 9.67. The van der Waals surface area contributed by atoms with Gasteiger partial charge in [-0.3, -0.25) is 9.52 Å². The van der Waals surface area contributed by atoms with E-state index in [0.29, 0.717) is 6.07 Å².